The summed E-state index contributed by atoms with van der Waals surface area (Å²) in [5.41, 5.74) is 1.34. The molecule has 16 heavy (non-hydrogen) atoms. The van der Waals surface area contributed by atoms with Gasteiger partial charge in [-0.2, -0.15) is 0 Å². The third-order valence-electron chi connectivity index (χ3n) is 3.12. The summed E-state index contributed by atoms with van der Waals surface area (Å²) >= 11 is 0. The highest BCUT2D eigenvalue weighted by Crippen LogP contribution is 2.18. The maximum Gasteiger partial charge on any atom is 0.0366 e. The van der Waals surface area contributed by atoms with Crippen molar-refractivity contribution in [3.63, 3.8) is 0 Å². The van der Waals surface area contributed by atoms with Crippen LogP contribution in [0.1, 0.15) is 26.2 Å². The fraction of sp³-hybridized carbons (Fsp3) is 0.571. The highest BCUT2D eigenvalue weighted by Gasteiger charge is 2.19. The monoisotopic (exact) mass is 218 g/mol. The van der Waals surface area contributed by atoms with Crippen LogP contribution in [0.3, 0.4) is 0 Å². The van der Waals surface area contributed by atoms with E-state index in [1.54, 1.807) is 0 Å². The molecule has 0 radical (unpaired) electrons. The van der Waals surface area contributed by atoms with E-state index < -0.39 is 0 Å². The first-order chi connectivity index (χ1) is 7.90. The van der Waals surface area contributed by atoms with Crippen molar-refractivity contribution in [2.24, 2.45) is 0 Å². The third-order valence-corrected chi connectivity index (χ3v) is 3.12. The van der Waals surface area contributed by atoms with Gasteiger partial charge in [0.25, 0.3) is 0 Å². The van der Waals surface area contributed by atoms with E-state index in [0.717, 1.165) is 25.7 Å². The molecule has 1 aliphatic rings. The van der Waals surface area contributed by atoms with E-state index in [9.17, 15) is 0 Å². The highest BCUT2D eigenvalue weighted by molar-refractivity contribution is 5.45. The van der Waals surface area contributed by atoms with Crippen LogP contribution in [0.4, 0.5) is 5.69 Å². The molecule has 2 nitrogen and oxygen atoms in total. The molecule has 0 unspecified atom stereocenters. The van der Waals surface area contributed by atoms with Crippen molar-refractivity contribution < 1.29 is 0 Å². The lowest BCUT2D eigenvalue weighted by molar-refractivity contribution is 0.634. The van der Waals surface area contributed by atoms with Crippen LogP contribution in [0.15, 0.2) is 30.3 Å². The van der Waals surface area contributed by atoms with Crippen molar-refractivity contribution in [2.75, 3.05) is 24.5 Å². The molecule has 1 aliphatic carbocycles. The molecule has 88 valence electrons. The SMILES string of the molecule is CCN(CCCNC1CC1)c1ccccc1. The molecule has 0 saturated heterocycles. The summed E-state index contributed by atoms with van der Waals surface area (Å²) in [6, 6.07) is 11.5. The Morgan fingerprint density at radius 2 is 2.00 bits per heavy atom. The lowest BCUT2D eigenvalue weighted by Gasteiger charge is -2.23. The van der Waals surface area contributed by atoms with Crippen molar-refractivity contribution in [1.82, 2.24) is 5.32 Å². The quantitative estimate of drug-likeness (QED) is 0.708. The van der Waals surface area contributed by atoms with E-state index in [-0.39, 0.29) is 0 Å². The molecule has 0 heterocycles. The Balaban J connectivity index is 1.72. The molecule has 0 spiro atoms. The normalized spacial score (nSPS) is 15.1. The van der Waals surface area contributed by atoms with E-state index in [0.29, 0.717) is 0 Å². The number of hydrogen-bond donors (Lipinski definition) is 1. The average Bonchev–Trinajstić information content (AvgIpc) is 3.14. The number of rotatable bonds is 7. The summed E-state index contributed by atoms with van der Waals surface area (Å²) in [6.07, 6.45) is 4.01. The van der Waals surface area contributed by atoms with Crippen LogP contribution in [-0.2, 0) is 0 Å². The molecule has 1 aromatic carbocycles. The largest absolute Gasteiger partial charge is 0.372 e. The topological polar surface area (TPSA) is 15.3 Å². The minimum atomic E-state index is 0.840. The lowest BCUT2D eigenvalue weighted by Crippen LogP contribution is -2.27. The predicted molar refractivity (Wildman–Crippen MR) is 70.0 cm³/mol. The molecule has 2 rings (SSSR count). The van der Waals surface area contributed by atoms with E-state index in [2.05, 4.69) is 47.5 Å². The van der Waals surface area contributed by atoms with Crippen LogP contribution >= 0.6 is 0 Å². The molecule has 1 aromatic rings. The second-order valence-corrected chi connectivity index (χ2v) is 4.50. The van der Waals surface area contributed by atoms with Crippen molar-refractivity contribution in [1.29, 1.82) is 0 Å². The first kappa shape index (κ1) is 11.5. The maximum absolute atomic E-state index is 3.56. The van der Waals surface area contributed by atoms with Crippen LogP contribution in [0.2, 0.25) is 0 Å². The third kappa shape index (κ3) is 3.53. The van der Waals surface area contributed by atoms with Crippen LogP contribution < -0.4 is 10.2 Å². The van der Waals surface area contributed by atoms with Gasteiger partial charge in [-0.05, 0) is 44.9 Å². The van der Waals surface area contributed by atoms with E-state index in [4.69, 9.17) is 0 Å². The number of para-hydroxylation sites is 1. The van der Waals surface area contributed by atoms with Crippen LogP contribution in [0, 0.1) is 0 Å². The second-order valence-electron chi connectivity index (χ2n) is 4.50. The van der Waals surface area contributed by atoms with E-state index in [1.165, 1.54) is 24.9 Å². The van der Waals surface area contributed by atoms with Crippen LogP contribution in [0.5, 0.6) is 0 Å². The van der Waals surface area contributed by atoms with Gasteiger partial charge in [0.1, 0.15) is 0 Å². The minimum absolute atomic E-state index is 0.840. The number of nitrogens with zero attached hydrogens (tertiary/aromatic N) is 1. The Morgan fingerprint density at radius 1 is 1.25 bits per heavy atom. The molecule has 0 aliphatic heterocycles. The van der Waals surface area contributed by atoms with Gasteiger partial charge >= 0.3 is 0 Å². The van der Waals surface area contributed by atoms with Gasteiger partial charge in [-0.1, -0.05) is 18.2 Å². The van der Waals surface area contributed by atoms with E-state index in [1.807, 2.05) is 0 Å². The number of nitrogens with one attached hydrogen (secondary N) is 1. The number of benzene rings is 1. The molecular formula is C14H22N2. The first-order valence-corrected chi connectivity index (χ1v) is 6.43. The zero-order chi connectivity index (χ0) is 11.2. The molecule has 0 aromatic heterocycles. The summed E-state index contributed by atoms with van der Waals surface area (Å²) in [5, 5.41) is 3.56. The standard InChI is InChI=1S/C14H22N2/c1-2-16(14-7-4-3-5-8-14)12-6-11-15-13-9-10-13/h3-5,7-8,13,15H,2,6,9-12H2,1H3. The zero-order valence-electron chi connectivity index (χ0n) is 10.2. The lowest BCUT2D eigenvalue weighted by atomic mass is 10.2. The van der Waals surface area contributed by atoms with Gasteiger partial charge in [0.2, 0.25) is 0 Å². The smallest absolute Gasteiger partial charge is 0.0366 e. The Kier molecular flexibility index (Phi) is 4.23. The van der Waals surface area contributed by atoms with Crippen LogP contribution in [0.25, 0.3) is 0 Å². The van der Waals surface area contributed by atoms with Gasteiger partial charge in [0.15, 0.2) is 0 Å². The van der Waals surface area contributed by atoms with Crippen molar-refractivity contribution >= 4 is 5.69 Å². The van der Waals surface area contributed by atoms with Gasteiger partial charge in [-0.3, -0.25) is 0 Å². The molecule has 1 saturated carbocycles. The molecule has 0 bridgehead atoms. The van der Waals surface area contributed by atoms with Gasteiger partial charge in [0, 0.05) is 24.8 Å². The fourth-order valence-electron chi connectivity index (χ4n) is 1.97. The van der Waals surface area contributed by atoms with Gasteiger partial charge in [-0.15, -0.1) is 0 Å². The summed E-state index contributed by atoms with van der Waals surface area (Å²) in [5.74, 6) is 0. The summed E-state index contributed by atoms with van der Waals surface area (Å²) in [4.78, 5) is 2.44. The molecule has 0 atom stereocenters. The predicted octanol–water partition coefficient (Wildman–Crippen LogP) is 2.66. The summed E-state index contributed by atoms with van der Waals surface area (Å²) in [6.45, 7) is 5.63. The second kappa shape index (κ2) is 5.90. The Bertz CT molecular complexity index is 293. The van der Waals surface area contributed by atoms with Gasteiger partial charge < -0.3 is 10.2 Å². The average molecular weight is 218 g/mol. The van der Waals surface area contributed by atoms with Crippen molar-refractivity contribution in [3.8, 4) is 0 Å². The molecule has 1 N–H and O–H groups in total. The molecule has 2 heteroatoms. The summed E-state index contributed by atoms with van der Waals surface area (Å²) < 4.78 is 0. The van der Waals surface area contributed by atoms with Gasteiger partial charge in [-0.25, -0.2) is 0 Å². The number of anilines is 1. The Hall–Kier alpha value is -1.02. The molecular weight excluding hydrogens is 196 g/mol. The summed E-state index contributed by atoms with van der Waals surface area (Å²) in [7, 11) is 0. The van der Waals surface area contributed by atoms with Gasteiger partial charge in [0.05, 0.1) is 0 Å². The van der Waals surface area contributed by atoms with Crippen LogP contribution in [-0.4, -0.2) is 25.7 Å². The highest BCUT2D eigenvalue weighted by atomic mass is 15.1. The Morgan fingerprint density at radius 3 is 2.62 bits per heavy atom. The Labute approximate surface area is 98.7 Å². The molecule has 1 fully saturated rings. The van der Waals surface area contributed by atoms with E-state index >= 15 is 0 Å². The van der Waals surface area contributed by atoms with Crippen molar-refractivity contribution in [3.05, 3.63) is 30.3 Å². The zero-order valence-corrected chi connectivity index (χ0v) is 10.2. The first-order valence-electron chi connectivity index (χ1n) is 6.43. The van der Waals surface area contributed by atoms with Crippen molar-refractivity contribution in [2.45, 2.75) is 32.2 Å². The maximum atomic E-state index is 3.56. The minimum Gasteiger partial charge on any atom is -0.372 e. The molecule has 0 amide bonds. The fourth-order valence-corrected chi connectivity index (χ4v) is 1.97. The number of hydrogen-bond acceptors (Lipinski definition) is 2.